The second kappa shape index (κ2) is 4.27. The summed E-state index contributed by atoms with van der Waals surface area (Å²) in [5.74, 6) is 0.641. The molecule has 0 aromatic carbocycles. The van der Waals surface area contributed by atoms with Crippen LogP contribution in [0.3, 0.4) is 0 Å². The smallest absolute Gasteiger partial charge is 0.0179 e. The molecule has 2 aliphatic carbocycles. The van der Waals surface area contributed by atoms with Gasteiger partial charge in [-0.15, -0.1) is 0 Å². The molecule has 13 heavy (non-hydrogen) atoms. The van der Waals surface area contributed by atoms with Crippen LogP contribution in [0.15, 0.2) is 45.6 Å². The molecule has 0 spiro atoms. The fraction of sp³-hybridized carbons (Fsp3) is 0.333. The lowest BCUT2D eigenvalue weighted by molar-refractivity contribution is 0.765. The van der Waals surface area contributed by atoms with Crippen LogP contribution in [-0.4, -0.2) is 0 Å². The van der Waals surface area contributed by atoms with Crippen molar-refractivity contribution in [3.63, 3.8) is 0 Å². The molecule has 1 atom stereocenters. The van der Waals surface area contributed by atoms with Crippen LogP contribution in [0, 0.1) is 5.92 Å². The van der Waals surface area contributed by atoms with Gasteiger partial charge in [0.1, 0.15) is 0 Å². The molecule has 0 aliphatic heterocycles. The minimum atomic E-state index is 0.641. The van der Waals surface area contributed by atoms with Gasteiger partial charge in [0.15, 0.2) is 0 Å². The van der Waals surface area contributed by atoms with E-state index in [9.17, 15) is 0 Å². The third-order valence-corrected chi connectivity index (χ3v) is 3.63. The Morgan fingerprint density at radius 1 is 1.23 bits per heavy atom. The summed E-state index contributed by atoms with van der Waals surface area (Å²) in [6, 6.07) is 0. The number of hydrogen-bond donors (Lipinski definition) is 0. The van der Waals surface area contributed by atoms with E-state index in [2.05, 4.69) is 59.0 Å². The standard InChI is InChI=1S/C12H13I/c13-12-9-5-4-8-11(12)10-6-2-1-3-7-10/h2,4-7,9,11H,1,3,8H2. The molecule has 0 aromatic heterocycles. The lowest BCUT2D eigenvalue weighted by Crippen LogP contribution is -2.05. The van der Waals surface area contributed by atoms with Gasteiger partial charge in [-0.2, -0.15) is 0 Å². The van der Waals surface area contributed by atoms with E-state index in [1.165, 1.54) is 28.4 Å². The maximum absolute atomic E-state index is 2.46. The summed E-state index contributed by atoms with van der Waals surface area (Å²) in [5.41, 5.74) is 1.51. The fourth-order valence-electron chi connectivity index (χ4n) is 1.79. The van der Waals surface area contributed by atoms with Crippen LogP contribution < -0.4 is 0 Å². The summed E-state index contributed by atoms with van der Waals surface area (Å²) in [5, 5.41) is 0. The van der Waals surface area contributed by atoms with Gasteiger partial charge in [0.05, 0.1) is 0 Å². The van der Waals surface area contributed by atoms with Gasteiger partial charge >= 0.3 is 0 Å². The Bertz CT molecular complexity index is 305. The highest BCUT2D eigenvalue weighted by Gasteiger charge is 2.16. The molecular formula is C12H13I. The van der Waals surface area contributed by atoms with Gasteiger partial charge in [-0.3, -0.25) is 0 Å². The molecule has 0 bridgehead atoms. The largest absolute Gasteiger partial charge is 0.0839 e. The molecule has 1 unspecified atom stereocenters. The van der Waals surface area contributed by atoms with E-state index in [-0.39, 0.29) is 0 Å². The molecule has 0 saturated carbocycles. The normalized spacial score (nSPS) is 27.0. The van der Waals surface area contributed by atoms with Crippen molar-refractivity contribution in [2.75, 3.05) is 0 Å². The first-order chi connectivity index (χ1) is 6.38. The Kier molecular flexibility index (Phi) is 3.04. The van der Waals surface area contributed by atoms with Crippen LogP contribution in [0.25, 0.3) is 0 Å². The third-order valence-electron chi connectivity index (χ3n) is 2.52. The maximum atomic E-state index is 2.46. The summed E-state index contributed by atoms with van der Waals surface area (Å²) in [4.78, 5) is 0. The SMILES string of the molecule is IC1=CC=CCC1C1=CCCC=C1. The molecule has 0 saturated heterocycles. The van der Waals surface area contributed by atoms with Crippen molar-refractivity contribution in [2.45, 2.75) is 19.3 Å². The molecule has 0 radical (unpaired) electrons. The quantitative estimate of drug-likeness (QED) is 0.634. The van der Waals surface area contributed by atoms with Gasteiger partial charge in [-0.25, -0.2) is 0 Å². The van der Waals surface area contributed by atoms with Crippen molar-refractivity contribution >= 4 is 22.6 Å². The van der Waals surface area contributed by atoms with Crippen LogP contribution in [-0.2, 0) is 0 Å². The van der Waals surface area contributed by atoms with Gasteiger partial charge in [0.2, 0.25) is 0 Å². The minimum Gasteiger partial charge on any atom is -0.0839 e. The average Bonchev–Trinajstić information content (AvgIpc) is 2.20. The minimum absolute atomic E-state index is 0.641. The fourth-order valence-corrected chi connectivity index (χ4v) is 2.61. The molecule has 2 aliphatic rings. The number of halogens is 1. The molecule has 0 nitrogen and oxygen atoms in total. The molecule has 0 amide bonds. The van der Waals surface area contributed by atoms with E-state index in [1.807, 2.05) is 0 Å². The molecular weight excluding hydrogens is 271 g/mol. The van der Waals surface area contributed by atoms with Gasteiger partial charge < -0.3 is 0 Å². The summed E-state index contributed by atoms with van der Waals surface area (Å²) in [7, 11) is 0. The highest BCUT2D eigenvalue weighted by molar-refractivity contribution is 14.1. The molecule has 68 valence electrons. The highest BCUT2D eigenvalue weighted by atomic mass is 127. The van der Waals surface area contributed by atoms with Crippen molar-refractivity contribution in [1.82, 2.24) is 0 Å². The maximum Gasteiger partial charge on any atom is 0.0179 e. The first-order valence-corrected chi connectivity index (χ1v) is 5.84. The van der Waals surface area contributed by atoms with Crippen molar-refractivity contribution in [1.29, 1.82) is 0 Å². The van der Waals surface area contributed by atoms with Crippen molar-refractivity contribution in [2.24, 2.45) is 5.92 Å². The zero-order chi connectivity index (χ0) is 9.10. The van der Waals surface area contributed by atoms with Gasteiger partial charge in [0, 0.05) is 5.92 Å². The Morgan fingerprint density at radius 3 is 2.85 bits per heavy atom. The van der Waals surface area contributed by atoms with E-state index in [1.54, 1.807) is 0 Å². The average molecular weight is 284 g/mol. The second-order valence-corrected chi connectivity index (χ2v) is 4.70. The monoisotopic (exact) mass is 284 g/mol. The Hall–Kier alpha value is -0.310. The van der Waals surface area contributed by atoms with Crippen molar-refractivity contribution in [3.05, 3.63) is 45.6 Å². The van der Waals surface area contributed by atoms with Crippen LogP contribution in [0.5, 0.6) is 0 Å². The summed E-state index contributed by atoms with van der Waals surface area (Å²) in [6.07, 6.45) is 17.2. The summed E-state index contributed by atoms with van der Waals surface area (Å²) in [6.45, 7) is 0. The van der Waals surface area contributed by atoms with E-state index in [0.717, 1.165) is 0 Å². The van der Waals surface area contributed by atoms with Crippen LogP contribution in [0.1, 0.15) is 19.3 Å². The molecule has 2 rings (SSSR count). The third kappa shape index (κ3) is 2.13. The van der Waals surface area contributed by atoms with E-state index >= 15 is 0 Å². The van der Waals surface area contributed by atoms with Crippen LogP contribution in [0.2, 0.25) is 0 Å². The number of hydrogen-bond acceptors (Lipinski definition) is 0. The molecule has 0 N–H and O–H groups in total. The van der Waals surface area contributed by atoms with Crippen molar-refractivity contribution in [3.8, 4) is 0 Å². The number of allylic oxidation sites excluding steroid dienone is 8. The molecule has 0 heterocycles. The Labute approximate surface area is 93.2 Å². The summed E-state index contributed by atoms with van der Waals surface area (Å²) < 4.78 is 1.47. The molecule has 1 heteroatoms. The van der Waals surface area contributed by atoms with E-state index in [0.29, 0.717) is 5.92 Å². The Balaban J connectivity index is 2.17. The topological polar surface area (TPSA) is 0 Å². The predicted molar refractivity (Wildman–Crippen MR) is 65.8 cm³/mol. The van der Waals surface area contributed by atoms with E-state index < -0.39 is 0 Å². The first-order valence-electron chi connectivity index (χ1n) is 4.77. The van der Waals surface area contributed by atoms with Gasteiger partial charge in [-0.05, 0) is 51.0 Å². The predicted octanol–water partition coefficient (Wildman–Crippen LogP) is 4.16. The van der Waals surface area contributed by atoms with Gasteiger partial charge in [-0.1, -0.05) is 36.5 Å². The first kappa shape index (κ1) is 9.25. The zero-order valence-electron chi connectivity index (χ0n) is 7.54. The molecule has 0 fully saturated rings. The van der Waals surface area contributed by atoms with Crippen LogP contribution >= 0.6 is 22.6 Å². The molecule has 0 aromatic rings. The highest BCUT2D eigenvalue weighted by Crippen LogP contribution is 2.34. The van der Waals surface area contributed by atoms with E-state index in [4.69, 9.17) is 0 Å². The summed E-state index contributed by atoms with van der Waals surface area (Å²) >= 11 is 2.46. The lowest BCUT2D eigenvalue weighted by Gasteiger charge is -2.20. The second-order valence-electron chi connectivity index (χ2n) is 3.45. The Morgan fingerprint density at radius 2 is 2.15 bits per heavy atom. The number of rotatable bonds is 1. The lowest BCUT2D eigenvalue weighted by atomic mass is 9.89. The van der Waals surface area contributed by atoms with Crippen molar-refractivity contribution < 1.29 is 0 Å². The van der Waals surface area contributed by atoms with Crippen LogP contribution in [0.4, 0.5) is 0 Å². The van der Waals surface area contributed by atoms with Gasteiger partial charge in [0.25, 0.3) is 0 Å². The zero-order valence-corrected chi connectivity index (χ0v) is 9.70.